The molecule has 0 atom stereocenters. The summed E-state index contributed by atoms with van der Waals surface area (Å²) in [4.78, 5) is 21.5. The lowest BCUT2D eigenvalue weighted by Gasteiger charge is -2.31. The first-order chi connectivity index (χ1) is 10.2. The fraction of sp³-hybridized carbons (Fsp3) is 0.667. The van der Waals surface area contributed by atoms with Gasteiger partial charge in [-0.3, -0.25) is 4.79 Å². The maximum atomic E-state index is 10.6. The number of carbonyl (C=O) groups is 1. The van der Waals surface area contributed by atoms with Crippen LogP contribution in [0.2, 0.25) is 0 Å². The van der Waals surface area contributed by atoms with Crippen LogP contribution in [0.25, 0.3) is 0 Å². The number of hydrogen-bond donors (Lipinski definition) is 1. The molecule has 0 bridgehead atoms. The monoisotopic (exact) mass is 293 g/mol. The van der Waals surface area contributed by atoms with Crippen molar-refractivity contribution in [2.24, 2.45) is 5.92 Å². The van der Waals surface area contributed by atoms with E-state index >= 15 is 0 Å². The summed E-state index contributed by atoms with van der Waals surface area (Å²) in [6.07, 6.45) is 5.71. The first-order valence-corrected chi connectivity index (χ1v) is 7.61. The average molecular weight is 293 g/mol. The van der Waals surface area contributed by atoms with E-state index < -0.39 is 5.97 Å². The fourth-order valence-electron chi connectivity index (χ4n) is 2.52. The molecule has 0 saturated carbocycles. The average Bonchev–Trinajstić information content (AvgIpc) is 2.51. The Bertz CT molecular complexity index is 459. The number of piperidine rings is 1. The minimum absolute atomic E-state index is 0.265. The Kier molecular flexibility index (Phi) is 5.78. The zero-order valence-electron chi connectivity index (χ0n) is 12.5. The highest BCUT2D eigenvalue weighted by Crippen LogP contribution is 2.24. The molecule has 1 aliphatic heterocycles. The molecule has 1 fully saturated rings. The minimum atomic E-state index is -0.707. The van der Waals surface area contributed by atoms with Crippen LogP contribution < -0.4 is 9.64 Å². The predicted octanol–water partition coefficient (Wildman–Crippen LogP) is 2.35. The molecule has 1 saturated heterocycles. The van der Waals surface area contributed by atoms with Gasteiger partial charge in [-0.2, -0.15) is 4.98 Å². The van der Waals surface area contributed by atoms with Crippen molar-refractivity contribution in [3.05, 3.63) is 12.3 Å². The van der Waals surface area contributed by atoms with Crippen LogP contribution >= 0.6 is 0 Å². The van der Waals surface area contributed by atoms with E-state index in [0.29, 0.717) is 24.4 Å². The van der Waals surface area contributed by atoms with E-state index in [-0.39, 0.29) is 6.42 Å². The quantitative estimate of drug-likeness (QED) is 0.831. The van der Waals surface area contributed by atoms with Gasteiger partial charge in [-0.15, -0.1) is 0 Å². The summed E-state index contributed by atoms with van der Waals surface area (Å²) in [6, 6.07) is 1.78. The Morgan fingerprint density at radius 2 is 2.24 bits per heavy atom. The SMILES string of the molecule is CCCOc1ccnc(N2CCC(CCC(=O)O)CC2)n1. The number of rotatable bonds is 7. The number of aliphatic carboxylic acids is 1. The number of anilines is 1. The van der Waals surface area contributed by atoms with Crippen molar-refractivity contribution >= 4 is 11.9 Å². The molecule has 1 N–H and O–H groups in total. The van der Waals surface area contributed by atoms with Gasteiger partial charge in [0.15, 0.2) is 0 Å². The maximum Gasteiger partial charge on any atom is 0.303 e. The van der Waals surface area contributed by atoms with Crippen molar-refractivity contribution in [3.8, 4) is 5.88 Å². The first-order valence-electron chi connectivity index (χ1n) is 7.61. The van der Waals surface area contributed by atoms with Crippen LogP contribution in [0.4, 0.5) is 5.95 Å². The van der Waals surface area contributed by atoms with Gasteiger partial charge in [0.2, 0.25) is 11.8 Å². The van der Waals surface area contributed by atoms with Gasteiger partial charge in [-0.05, 0) is 31.6 Å². The number of carboxylic acids is 1. The normalized spacial score (nSPS) is 16.0. The largest absolute Gasteiger partial charge is 0.481 e. The third-order valence-corrected chi connectivity index (χ3v) is 3.74. The van der Waals surface area contributed by atoms with Gasteiger partial charge in [0.1, 0.15) is 0 Å². The molecular formula is C15H23N3O3. The molecule has 1 aromatic rings. The van der Waals surface area contributed by atoms with Crippen LogP contribution in [0.1, 0.15) is 39.0 Å². The van der Waals surface area contributed by atoms with Gasteiger partial charge in [0.05, 0.1) is 6.61 Å². The molecule has 6 heteroatoms. The summed E-state index contributed by atoms with van der Waals surface area (Å²) < 4.78 is 5.53. The van der Waals surface area contributed by atoms with E-state index in [9.17, 15) is 4.79 Å². The zero-order valence-corrected chi connectivity index (χ0v) is 12.5. The molecule has 116 valence electrons. The molecule has 2 rings (SSSR count). The lowest BCUT2D eigenvalue weighted by Crippen LogP contribution is -2.35. The van der Waals surface area contributed by atoms with Crippen LogP contribution in [0.3, 0.4) is 0 Å². The molecule has 6 nitrogen and oxygen atoms in total. The molecule has 0 spiro atoms. The summed E-state index contributed by atoms with van der Waals surface area (Å²) in [5.41, 5.74) is 0. The van der Waals surface area contributed by atoms with E-state index in [2.05, 4.69) is 21.8 Å². The van der Waals surface area contributed by atoms with E-state index in [0.717, 1.165) is 38.8 Å². The van der Waals surface area contributed by atoms with Crippen molar-refractivity contribution in [2.45, 2.75) is 39.0 Å². The third-order valence-electron chi connectivity index (χ3n) is 3.74. The molecule has 0 aliphatic carbocycles. The standard InChI is InChI=1S/C15H23N3O3/c1-2-11-21-13-5-8-16-15(17-13)18-9-6-12(7-10-18)3-4-14(19)20/h5,8,12H,2-4,6-7,9-11H2,1H3,(H,19,20). The van der Waals surface area contributed by atoms with Gasteiger partial charge in [0.25, 0.3) is 0 Å². The second-order valence-electron chi connectivity index (χ2n) is 5.41. The van der Waals surface area contributed by atoms with Crippen LogP contribution in [-0.2, 0) is 4.79 Å². The maximum absolute atomic E-state index is 10.6. The van der Waals surface area contributed by atoms with Crippen molar-refractivity contribution in [1.82, 2.24) is 9.97 Å². The van der Waals surface area contributed by atoms with Gasteiger partial charge in [-0.1, -0.05) is 6.92 Å². The van der Waals surface area contributed by atoms with E-state index in [4.69, 9.17) is 9.84 Å². The Morgan fingerprint density at radius 1 is 1.48 bits per heavy atom. The molecule has 1 aliphatic rings. The van der Waals surface area contributed by atoms with E-state index in [1.165, 1.54) is 0 Å². The molecule has 0 unspecified atom stereocenters. The lowest BCUT2D eigenvalue weighted by molar-refractivity contribution is -0.137. The van der Waals surface area contributed by atoms with E-state index in [1.807, 2.05) is 0 Å². The van der Waals surface area contributed by atoms with Crippen LogP contribution in [0, 0.1) is 5.92 Å². The lowest BCUT2D eigenvalue weighted by atomic mass is 9.92. The molecular weight excluding hydrogens is 270 g/mol. The molecule has 0 amide bonds. The fourth-order valence-corrected chi connectivity index (χ4v) is 2.52. The Morgan fingerprint density at radius 3 is 2.90 bits per heavy atom. The van der Waals surface area contributed by atoms with Crippen LogP contribution in [-0.4, -0.2) is 40.7 Å². The number of nitrogens with zero attached hydrogens (tertiary/aromatic N) is 3. The summed E-state index contributed by atoms with van der Waals surface area (Å²) in [7, 11) is 0. The Balaban J connectivity index is 1.85. The zero-order chi connectivity index (χ0) is 15.1. The van der Waals surface area contributed by atoms with Gasteiger partial charge in [-0.25, -0.2) is 4.98 Å². The van der Waals surface area contributed by atoms with E-state index in [1.54, 1.807) is 12.3 Å². The molecule has 2 heterocycles. The highest BCUT2D eigenvalue weighted by atomic mass is 16.5. The number of aromatic nitrogens is 2. The summed E-state index contributed by atoms with van der Waals surface area (Å²) in [5.74, 6) is 1.12. The molecule has 1 aromatic heterocycles. The number of hydrogen-bond acceptors (Lipinski definition) is 5. The van der Waals surface area contributed by atoms with Crippen LogP contribution in [0.5, 0.6) is 5.88 Å². The molecule has 0 aromatic carbocycles. The molecule has 21 heavy (non-hydrogen) atoms. The topological polar surface area (TPSA) is 75.5 Å². The molecule has 0 radical (unpaired) electrons. The van der Waals surface area contributed by atoms with Crippen LogP contribution in [0.15, 0.2) is 12.3 Å². The van der Waals surface area contributed by atoms with Crippen molar-refractivity contribution in [1.29, 1.82) is 0 Å². The Hall–Kier alpha value is -1.85. The minimum Gasteiger partial charge on any atom is -0.481 e. The van der Waals surface area contributed by atoms with Gasteiger partial charge >= 0.3 is 5.97 Å². The highest BCUT2D eigenvalue weighted by molar-refractivity contribution is 5.66. The van der Waals surface area contributed by atoms with Crippen molar-refractivity contribution in [2.75, 3.05) is 24.6 Å². The number of ether oxygens (including phenoxy) is 1. The summed E-state index contributed by atoms with van der Waals surface area (Å²) in [6.45, 7) is 4.47. The highest BCUT2D eigenvalue weighted by Gasteiger charge is 2.21. The van der Waals surface area contributed by atoms with Gasteiger partial charge < -0.3 is 14.7 Å². The predicted molar refractivity (Wildman–Crippen MR) is 79.6 cm³/mol. The Labute approximate surface area is 125 Å². The number of carboxylic acid groups (broad SMARTS) is 1. The third kappa shape index (κ3) is 4.88. The summed E-state index contributed by atoms with van der Waals surface area (Å²) >= 11 is 0. The van der Waals surface area contributed by atoms with Crippen molar-refractivity contribution in [3.63, 3.8) is 0 Å². The smallest absolute Gasteiger partial charge is 0.303 e. The first kappa shape index (κ1) is 15.5. The summed E-state index contributed by atoms with van der Waals surface area (Å²) in [5, 5.41) is 8.73. The van der Waals surface area contributed by atoms with Gasteiger partial charge in [0, 0.05) is 31.8 Å². The second kappa shape index (κ2) is 7.81. The second-order valence-corrected chi connectivity index (χ2v) is 5.41. The van der Waals surface area contributed by atoms with Crippen molar-refractivity contribution < 1.29 is 14.6 Å².